The van der Waals surface area contributed by atoms with Crippen LogP contribution in [0, 0.1) is 0 Å². The highest BCUT2D eigenvalue weighted by atomic mass is 16.3. The fourth-order valence-electron chi connectivity index (χ4n) is 3.92. The predicted octanol–water partition coefficient (Wildman–Crippen LogP) is 1.95. The lowest BCUT2D eigenvalue weighted by atomic mass is 9.91. The highest BCUT2D eigenvalue weighted by molar-refractivity contribution is 6.07. The first kappa shape index (κ1) is 17.1. The average Bonchev–Trinajstić information content (AvgIpc) is 3.06. The van der Waals surface area contributed by atoms with Crippen molar-refractivity contribution in [3.8, 4) is 0 Å². The molecule has 2 aliphatic rings. The maximum absolute atomic E-state index is 12.9. The van der Waals surface area contributed by atoms with E-state index in [0.29, 0.717) is 30.8 Å². The van der Waals surface area contributed by atoms with Crippen LogP contribution in [0.15, 0.2) is 24.3 Å². The van der Waals surface area contributed by atoms with Crippen LogP contribution in [-0.4, -0.2) is 64.9 Å². The zero-order valence-corrected chi connectivity index (χ0v) is 14.3. The molecule has 0 unspecified atom stereocenters. The molecule has 0 spiro atoms. The monoisotopic (exact) mass is 330 g/mol. The molecular weight excluding hydrogens is 304 g/mol. The number of carbonyl (C=O) groups is 2. The summed E-state index contributed by atoms with van der Waals surface area (Å²) in [6.07, 6.45) is 3.88. The van der Waals surface area contributed by atoms with Gasteiger partial charge in [0.25, 0.3) is 5.91 Å². The fourth-order valence-corrected chi connectivity index (χ4v) is 3.92. The molecule has 0 aliphatic carbocycles. The van der Waals surface area contributed by atoms with E-state index in [1.54, 1.807) is 29.2 Å². The summed E-state index contributed by atoms with van der Waals surface area (Å²) in [5.74, 6) is -0.261. The summed E-state index contributed by atoms with van der Waals surface area (Å²) in [6.45, 7) is 5.14. The van der Waals surface area contributed by atoms with E-state index in [9.17, 15) is 14.7 Å². The lowest BCUT2D eigenvalue weighted by Gasteiger charge is -2.41. The van der Waals surface area contributed by atoms with Crippen LogP contribution in [0.1, 0.15) is 53.3 Å². The third-order valence-corrected chi connectivity index (χ3v) is 5.10. The van der Waals surface area contributed by atoms with Crippen LogP contribution in [0.2, 0.25) is 0 Å². The first-order valence-electron chi connectivity index (χ1n) is 8.82. The molecule has 5 nitrogen and oxygen atoms in total. The van der Waals surface area contributed by atoms with Gasteiger partial charge in [0.05, 0.1) is 17.7 Å². The van der Waals surface area contributed by atoms with Gasteiger partial charge in [-0.1, -0.05) is 18.2 Å². The van der Waals surface area contributed by atoms with Crippen LogP contribution in [0.4, 0.5) is 0 Å². The zero-order valence-electron chi connectivity index (χ0n) is 14.3. The summed E-state index contributed by atoms with van der Waals surface area (Å²) >= 11 is 0. The van der Waals surface area contributed by atoms with Crippen molar-refractivity contribution >= 4 is 11.7 Å². The highest BCUT2D eigenvalue weighted by Crippen LogP contribution is 2.26. The van der Waals surface area contributed by atoms with Gasteiger partial charge in [-0.3, -0.25) is 9.59 Å². The molecule has 0 bridgehead atoms. The second-order valence-corrected chi connectivity index (χ2v) is 7.14. The number of rotatable bonds is 4. The summed E-state index contributed by atoms with van der Waals surface area (Å²) in [7, 11) is 0. The Hall–Kier alpha value is -1.72. The first-order chi connectivity index (χ1) is 11.5. The van der Waals surface area contributed by atoms with Crippen molar-refractivity contribution < 1.29 is 14.7 Å². The Morgan fingerprint density at radius 3 is 2.42 bits per heavy atom. The fraction of sp³-hybridized carbons (Fsp3) is 0.579. The molecule has 5 heteroatoms. The molecule has 1 N–H and O–H groups in total. The molecule has 2 saturated heterocycles. The third kappa shape index (κ3) is 3.68. The van der Waals surface area contributed by atoms with E-state index in [2.05, 4.69) is 4.90 Å². The molecule has 0 saturated carbocycles. The summed E-state index contributed by atoms with van der Waals surface area (Å²) in [4.78, 5) is 28.7. The Morgan fingerprint density at radius 1 is 1.08 bits per heavy atom. The molecule has 0 aromatic heterocycles. The molecule has 1 aromatic rings. The number of benzene rings is 1. The van der Waals surface area contributed by atoms with E-state index >= 15 is 0 Å². The Kier molecular flexibility index (Phi) is 5.01. The van der Waals surface area contributed by atoms with Crippen LogP contribution in [0.3, 0.4) is 0 Å². The van der Waals surface area contributed by atoms with Gasteiger partial charge in [0.15, 0.2) is 5.78 Å². The van der Waals surface area contributed by atoms with Crippen molar-refractivity contribution in [2.45, 2.75) is 38.2 Å². The second kappa shape index (κ2) is 7.03. The zero-order chi connectivity index (χ0) is 17.2. The van der Waals surface area contributed by atoms with Crippen molar-refractivity contribution in [1.29, 1.82) is 0 Å². The average molecular weight is 330 g/mol. The molecule has 1 atom stereocenters. The topological polar surface area (TPSA) is 60.9 Å². The van der Waals surface area contributed by atoms with E-state index in [4.69, 9.17) is 0 Å². The lowest BCUT2D eigenvalue weighted by Crippen LogP contribution is -2.55. The van der Waals surface area contributed by atoms with Crippen LogP contribution in [0.25, 0.3) is 0 Å². The number of hydrogen-bond acceptors (Lipinski definition) is 4. The smallest absolute Gasteiger partial charge is 0.254 e. The second-order valence-electron chi connectivity index (χ2n) is 7.14. The lowest BCUT2D eigenvalue weighted by molar-refractivity contribution is -0.0431. The van der Waals surface area contributed by atoms with E-state index < -0.39 is 5.60 Å². The number of ketones is 1. The maximum Gasteiger partial charge on any atom is 0.254 e. The number of Topliss-reactive ketones (excluding diaryl/α,β-unsaturated/α-hetero) is 1. The largest absolute Gasteiger partial charge is 0.387 e. The molecule has 130 valence electrons. The van der Waals surface area contributed by atoms with Gasteiger partial charge in [-0.25, -0.2) is 0 Å². The number of β-amino-alcohol motifs (C(OH)–C–C–N with tert-alkyl or cyclic N) is 1. The SMILES string of the molecule is CC(=O)c1ccccc1C(=O)N1CCC[C@](O)(CN2CCCC2)C1. The first-order valence-corrected chi connectivity index (χ1v) is 8.82. The van der Waals surface area contributed by atoms with E-state index in [0.717, 1.165) is 25.9 Å². The number of nitrogens with zero attached hydrogens (tertiary/aromatic N) is 2. The van der Waals surface area contributed by atoms with Crippen molar-refractivity contribution in [2.75, 3.05) is 32.7 Å². The van der Waals surface area contributed by atoms with Crippen LogP contribution >= 0.6 is 0 Å². The maximum atomic E-state index is 12.9. The minimum atomic E-state index is -0.844. The molecule has 2 heterocycles. The molecule has 2 aliphatic heterocycles. The van der Waals surface area contributed by atoms with Gasteiger partial charge in [-0.05, 0) is 51.8 Å². The molecule has 0 radical (unpaired) electrons. The summed E-state index contributed by atoms with van der Waals surface area (Å²) in [6, 6.07) is 6.94. The van der Waals surface area contributed by atoms with E-state index in [1.807, 2.05) is 0 Å². The minimum absolute atomic E-state index is 0.108. The number of aliphatic hydroxyl groups is 1. The Labute approximate surface area is 143 Å². The molecule has 2 fully saturated rings. The normalized spacial score (nSPS) is 25.0. The number of likely N-dealkylation sites (tertiary alicyclic amines) is 2. The Morgan fingerprint density at radius 2 is 1.75 bits per heavy atom. The van der Waals surface area contributed by atoms with Gasteiger partial charge in [-0.2, -0.15) is 0 Å². The molecule has 24 heavy (non-hydrogen) atoms. The molecule has 3 rings (SSSR count). The molecule has 1 aromatic carbocycles. The Balaban J connectivity index is 1.74. The van der Waals surface area contributed by atoms with Gasteiger partial charge >= 0.3 is 0 Å². The molecule has 1 amide bonds. The summed E-state index contributed by atoms with van der Waals surface area (Å²) < 4.78 is 0. The van der Waals surface area contributed by atoms with Crippen LogP contribution in [-0.2, 0) is 0 Å². The van der Waals surface area contributed by atoms with Gasteiger partial charge in [-0.15, -0.1) is 0 Å². The predicted molar refractivity (Wildman–Crippen MR) is 92.2 cm³/mol. The standard InChI is InChI=1S/C19H26N2O3/c1-15(22)16-7-2-3-8-17(16)18(23)21-12-6-9-19(24,14-21)13-20-10-4-5-11-20/h2-3,7-8,24H,4-6,9-14H2,1H3/t19-/m0/s1. The van der Waals surface area contributed by atoms with E-state index in [1.165, 1.54) is 19.8 Å². The number of piperidine rings is 1. The van der Waals surface area contributed by atoms with Gasteiger partial charge in [0.1, 0.15) is 0 Å². The van der Waals surface area contributed by atoms with Crippen LogP contribution < -0.4 is 0 Å². The summed E-state index contributed by atoms with van der Waals surface area (Å²) in [5, 5.41) is 11.0. The van der Waals surface area contributed by atoms with Gasteiger partial charge in [0, 0.05) is 18.7 Å². The quantitative estimate of drug-likeness (QED) is 0.857. The highest BCUT2D eigenvalue weighted by Gasteiger charge is 2.37. The number of carbonyl (C=O) groups excluding carboxylic acids is 2. The van der Waals surface area contributed by atoms with Gasteiger partial charge < -0.3 is 14.9 Å². The van der Waals surface area contributed by atoms with Gasteiger partial charge in [0.2, 0.25) is 0 Å². The molecular formula is C19H26N2O3. The van der Waals surface area contributed by atoms with E-state index in [-0.39, 0.29) is 11.7 Å². The van der Waals surface area contributed by atoms with Crippen molar-refractivity contribution in [2.24, 2.45) is 0 Å². The third-order valence-electron chi connectivity index (χ3n) is 5.10. The number of amides is 1. The number of hydrogen-bond donors (Lipinski definition) is 1. The van der Waals surface area contributed by atoms with Crippen molar-refractivity contribution in [3.63, 3.8) is 0 Å². The van der Waals surface area contributed by atoms with Crippen LogP contribution in [0.5, 0.6) is 0 Å². The minimum Gasteiger partial charge on any atom is -0.387 e. The van der Waals surface area contributed by atoms with Crippen molar-refractivity contribution in [1.82, 2.24) is 9.80 Å². The Bertz CT molecular complexity index is 625. The van der Waals surface area contributed by atoms with Crippen molar-refractivity contribution in [3.05, 3.63) is 35.4 Å². The summed E-state index contributed by atoms with van der Waals surface area (Å²) in [5.41, 5.74) is 0.0511.